The van der Waals surface area contributed by atoms with E-state index >= 15 is 0 Å². The number of carbonyl (C=O) groups excluding carboxylic acids is 1. The summed E-state index contributed by atoms with van der Waals surface area (Å²) in [6, 6.07) is 3.54. The normalized spacial score (nSPS) is 22.0. The van der Waals surface area contributed by atoms with Crippen molar-refractivity contribution in [2.45, 2.75) is 46.1 Å². The first-order chi connectivity index (χ1) is 8.29. The van der Waals surface area contributed by atoms with Crippen molar-refractivity contribution in [1.82, 2.24) is 0 Å². The molecule has 1 atom stereocenters. The maximum atomic E-state index is 11.4. The number of esters is 1. The Kier molecular flexibility index (Phi) is 3.09. The SMILES string of the molecule is Cc1cc(O)cc(C)c1C[C@@H]1CC(=O)OC1(C)C. The van der Waals surface area contributed by atoms with Crippen LogP contribution in [0.1, 0.15) is 37.0 Å². The molecule has 98 valence electrons. The smallest absolute Gasteiger partial charge is 0.306 e. The summed E-state index contributed by atoms with van der Waals surface area (Å²) in [6.45, 7) is 7.92. The first-order valence-corrected chi connectivity index (χ1v) is 6.30. The number of hydrogen-bond donors (Lipinski definition) is 1. The summed E-state index contributed by atoms with van der Waals surface area (Å²) in [4.78, 5) is 11.4. The molecule has 1 N–H and O–H groups in total. The van der Waals surface area contributed by atoms with Crippen molar-refractivity contribution in [2.24, 2.45) is 5.92 Å². The van der Waals surface area contributed by atoms with Crippen LogP contribution in [0, 0.1) is 19.8 Å². The monoisotopic (exact) mass is 248 g/mol. The lowest BCUT2D eigenvalue weighted by Gasteiger charge is -2.26. The molecule has 1 aromatic carbocycles. The number of phenolic OH excluding ortho intramolecular Hbond substituents is 1. The van der Waals surface area contributed by atoms with E-state index in [0.717, 1.165) is 17.5 Å². The predicted molar refractivity (Wildman–Crippen MR) is 69.6 cm³/mol. The number of cyclic esters (lactones) is 1. The first kappa shape index (κ1) is 12.9. The molecule has 0 aliphatic carbocycles. The second-order valence-corrected chi connectivity index (χ2v) is 5.74. The number of aryl methyl sites for hydroxylation is 2. The van der Waals surface area contributed by atoms with Crippen molar-refractivity contribution in [3.8, 4) is 5.75 Å². The molecule has 0 saturated carbocycles. The van der Waals surface area contributed by atoms with Gasteiger partial charge < -0.3 is 9.84 Å². The summed E-state index contributed by atoms with van der Waals surface area (Å²) in [5, 5.41) is 9.55. The van der Waals surface area contributed by atoms with E-state index in [0.29, 0.717) is 12.2 Å². The summed E-state index contributed by atoms with van der Waals surface area (Å²) >= 11 is 0. The third-order valence-corrected chi connectivity index (χ3v) is 3.90. The number of hydrogen-bond acceptors (Lipinski definition) is 3. The van der Waals surface area contributed by atoms with Crippen molar-refractivity contribution < 1.29 is 14.6 Å². The maximum Gasteiger partial charge on any atom is 0.306 e. The molecule has 1 heterocycles. The lowest BCUT2D eigenvalue weighted by atomic mass is 9.83. The molecular weight excluding hydrogens is 228 g/mol. The van der Waals surface area contributed by atoms with Gasteiger partial charge in [0.25, 0.3) is 0 Å². The zero-order valence-electron chi connectivity index (χ0n) is 11.4. The van der Waals surface area contributed by atoms with Crippen molar-refractivity contribution >= 4 is 5.97 Å². The number of carbonyl (C=O) groups is 1. The van der Waals surface area contributed by atoms with Gasteiger partial charge in [-0.3, -0.25) is 4.79 Å². The molecule has 1 aromatic rings. The van der Waals surface area contributed by atoms with Crippen LogP contribution < -0.4 is 0 Å². The van der Waals surface area contributed by atoms with Crippen LogP contribution in [0.2, 0.25) is 0 Å². The van der Waals surface area contributed by atoms with Gasteiger partial charge in [0.2, 0.25) is 0 Å². The second kappa shape index (κ2) is 4.30. The van der Waals surface area contributed by atoms with E-state index in [1.165, 1.54) is 5.56 Å². The summed E-state index contributed by atoms with van der Waals surface area (Å²) in [6.07, 6.45) is 1.30. The lowest BCUT2D eigenvalue weighted by molar-refractivity contribution is -0.146. The molecule has 3 nitrogen and oxygen atoms in total. The molecular formula is C15H20O3. The van der Waals surface area contributed by atoms with Crippen molar-refractivity contribution in [1.29, 1.82) is 0 Å². The summed E-state index contributed by atoms with van der Waals surface area (Å²) in [5.74, 6) is 0.387. The Bertz CT molecular complexity index is 466. The van der Waals surface area contributed by atoms with Gasteiger partial charge in [-0.2, -0.15) is 0 Å². The van der Waals surface area contributed by atoms with Crippen LogP contribution in [0.4, 0.5) is 0 Å². The minimum absolute atomic E-state index is 0.112. The van der Waals surface area contributed by atoms with E-state index in [2.05, 4.69) is 0 Å². The molecule has 0 amide bonds. The van der Waals surface area contributed by atoms with Gasteiger partial charge >= 0.3 is 5.97 Å². The Labute approximate surface area is 108 Å². The molecule has 0 spiro atoms. The van der Waals surface area contributed by atoms with Gasteiger partial charge in [0.05, 0.1) is 6.42 Å². The average molecular weight is 248 g/mol. The number of ether oxygens (including phenoxy) is 1. The van der Waals surface area contributed by atoms with Gasteiger partial charge in [-0.25, -0.2) is 0 Å². The Morgan fingerprint density at radius 1 is 1.33 bits per heavy atom. The molecule has 0 bridgehead atoms. The lowest BCUT2D eigenvalue weighted by Crippen LogP contribution is -2.29. The quantitative estimate of drug-likeness (QED) is 0.819. The Balaban J connectivity index is 2.27. The Hall–Kier alpha value is -1.51. The second-order valence-electron chi connectivity index (χ2n) is 5.74. The number of benzene rings is 1. The predicted octanol–water partition coefficient (Wildman–Crippen LogP) is 2.89. The molecule has 0 unspecified atom stereocenters. The van der Waals surface area contributed by atoms with Crippen molar-refractivity contribution in [2.75, 3.05) is 0 Å². The van der Waals surface area contributed by atoms with Gasteiger partial charge in [-0.15, -0.1) is 0 Å². The van der Waals surface area contributed by atoms with Crippen LogP contribution >= 0.6 is 0 Å². The molecule has 0 aromatic heterocycles. The molecule has 1 saturated heterocycles. The van der Waals surface area contributed by atoms with Crippen LogP contribution in [-0.2, 0) is 16.0 Å². The van der Waals surface area contributed by atoms with Crippen LogP contribution in [0.15, 0.2) is 12.1 Å². The third kappa shape index (κ3) is 2.35. The number of aromatic hydroxyl groups is 1. The zero-order chi connectivity index (χ0) is 13.5. The Morgan fingerprint density at radius 2 is 1.89 bits per heavy atom. The fourth-order valence-electron chi connectivity index (χ4n) is 2.72. The van der Waals surface area contributed by atoms with Crippen molar-refractivity contribution in [3.63, 3.8) is 0 Å². The van der Waals surface area contributed by atoms with Crippen LogP contribution in [0.5, 0.6) is 5.75 Å². The van der Waals surface area contributed by atoms with Crippen molar-refractivity contribution in [3.05, 3.63) is 28.8 Å². The average Bonchev–Trinajstić information content (AvgIpc) is 2.45. The summed E-state index contributed by atoms with van der Waals surface area (Å²) < 4.78 is 5.35. The van der Waals surface area contributed by atoms with E-state index in [9.17, 15) is 9.90 Å². The molecule has 2 rings (SSSR count). The van der Waals surface area contributed by atoms with E-state index < -0.39 is 5.60 Å². The maximum absolute atomic E-state index is 11.4. The minimum Gasteiger partial charge on any atom is -0.508 e. The molecule has 1 aliphatic heterocycles. The standard InChI is InChI=1S/C15H20O3/c1-9-5-12(16)6-10(2)13(9)7-11-8-14(17)18-15(11,3)4/h5-6,11,16H,7-8H2,1-4H3/t11-/m1/s1. The van der Waals surface area contributed by atoms with E-state index in [1.54, 1.807) is 12.1 Å². The highest BCUT2D eigenvalue weighted by atomic mass is 16.6. The van der Waals surface area contributed by atoms with Gasteiger partial charge in [-0.05, 0) is 62.9 Å². The van der Waals surface area contributed by atoms with Crippen LogP contribution in [0.3, 0.4) is 0 Å². The molecule has 3 heteroatoms. The van der Waals surface area contributed by atoms with Gasteiger partial charge in [0, 0.05) is 5.92 Å². The Morgan fingerprint density at radius 3 is 2.33 bits per heavy atom. The van der Waals surface area contributed by atoms with Gasteiger partial charge in [0.1, 0.15) is 11.4 Å². The fourth-order valence-corrected chi connectivity index (χ4v) is 2.72. The number of phenols is 1. The van der Waals surface area contributed by atoms with E-state index in [4.69, 9.17) is 4.74 Å². The van der Waals surface area contributed by atoms with Gasteiger partial charge in [0.15, 0.2) is 0 Å². The summed E-state index contributed by atoms with van der Waals surface area (Å²) in [5.41, 5.74) is 2.96. The topological polar surface area (TPSA) is 46.5 Å². The third-order valence-electron chi connectivity index (χ3n) is 3.90. The highest BCUT2D eigenvalue weighted by Crippen LogP contribution is 2.36. The zero-order valence-corrected chi connectivity index (χ0v) is 11.4. The number of rotatable bonds is 2. The van der Waals surface area contributed by atoms with E-state index in [-0.39, 0.29) is 11.9 Å². The van der Waals surface area contributed by atoms with Crippen LogP contribution in [0.25, 0.3) is 0 Å². The fraction of sp³-hybridized carbons (Fsp3) is 0.533. The molecule has 1 aliphatic rings. The minimum atomic E-state index is -0.395. The molecule has 1 fully saturated rings. The highest BCUT2D eigenvalue weighted by Gasteiger charge is 2.41. The van der Waals surface area contributed by atoms with Crippen LogP contribution in [-0.4, -0.2) is 16.7 Å². The summed E-state index contributed by atoms with van der Waals surface area (Å²) in [7, 11) is 0. The van der Waals surface area contributed by atoms with E-state index in [1.807, 2.05) is 27.7 Å². The first-order valence-electron chi connectivity index (χ1n) is 6.30. The van der Waals surface area contributed by atoms with Gasteiger partial charge in [-0.1, -0.05) is 0 Å². The molecule has 18 heavy (non-hydrogen) atoms. The highest BCUT2D eigenvalue weighted by molar-refractivity contribution is 5.72. The largest absolute Gasteiger partial charge is 0.508 e. The molecule has 0 radical (unpaired) electrons.